The van der Waals surface area contributed by atoms with Crippen LogP contribution in [0.1, 0.15) is 58.1 Å². The van der Waals surface area contributed by atoms with Gasteiger partial charge in [0.2, 0.25) is 0 Å². The molecule has 0 saturated heterocycles. The maximum atomic E-state index is 3.62. The molecule has 1 saturated carbocycles. The second-order valence-corrected chi connectivity index (χ2v) is 7.57. The number of benzene rings is 1. The Morgan fingerprint density at radius 1 is 1.16 bits per heavy atom. The minimum atomic E-state index is 0.244. The van der Waals surface area contributed by atoms with E-state index in [1.54, 1.807) is 0 Å². The molecule has 106 valence electrons. The van der Waals surface area contributed by atoms with Crippen molar-refractivity contribution in [2.45, 2.75) is 58.9 Å². The molecule has 0 heterocycles. The van der Waals surface area contributed by atoms with Gasteiger partial charge in [0.25, 0.3) is 0 Å². The normalized spacial score (nSPS) is 22.8. The van der Waals surface area contributed by atoms with Crippen molar-refractivity contribution < 1.29 is 0 Å². The fraction of sp³-hybridized carbons (Fsp3) is 0.667. The number of nitrogens with one attached hydrogen (secondary N) is 1. The lowest BCUT2D eigenvalue weighted by atomic mass is 10.00. The van der Waals surface area contributed by atoms with Crippen LogP contribution >= 0.6 is 0 Å². The molecule has 0 aliphatic heterocycles. The van der Waals surface area contributed by atoms with E-state index in [9.17, 15) is 0 Å². The van der Waals surface area contributed by atoms with Gasteiger partial charge >= 0.3 is 0 Å². The highest BCUT2D eigenvalue weighted by atomic mass is 15.0. The second kappa shape index (κ2) is 5.66. The number of hydrogen-bond acceptors (Lipinski definition) is 1. The van der Waals surface area contributed by atoms with Gasteiger partial charge in [-0.05, 0) is 69.0 Å². The van der Waals surface area contributed by atoms with Gasteiger partial charge in [0.1, 0.15) is 0 Å². The van der Waals surface area contributed by atoms with Crippen LogP contribution < -0.4 is 5.32 Å². The van der Waals surface area contributed by atoms with E-state index in [1.165, 1.54) is 24.0 Å². The minimum Gasteiger partial charge on any atom is -0.312 e. The first-order valence-electron chi connectivity index (χ1n) is 7.69. The van der Waals surface area contributed by atoms with E-state index >= 15 is 0 Å². The quantitative estimate of drug-likeness (QED) is 0.827. The van der Waals surface area contributed by atoms with Gasteiger partial charge in [0.05, 0.1) is 0 Å². The van der Waals surface area contributed by atoms with E-state index in [1.807, 2.05) is 0 Å². The van der Waals surface area contributed by atoms with E-state index < -0.39 is 0 Å². The first-order chi connectivity index (χ1) is 8.85. The van der Waals surface area contributed by atoms with Crippen molar-refractivity contribution in [1.82, 2.24) is 5.32 Å². The molecule has 0 aromatic heterocycles. The van der Waals surface area contributed by atoms with Crippen LogP contribution in [-0.2, 0) is 6.42 Å². The van der Waals surface area contributed by atoms with Gasteiger partial charge in [-0.15, -0.1) is 0 Å². The summed E-state index contributed by atoms with van der Waals surface area (Å²) >= 11 is 0. The van der Waals surface area contributed by atoms with Gasteiger partial charge in [-0.1, -0.05) is 38.1 Å². The van der Waals surface area contributed by atoms with Crippen LogP contribution in [0.5, 0.6) is 0 Å². The predicted octanol–water partition coefficient (Wildman–Crippen LogP) is 4.38. The summed E-state index contributed by atoms with van der Waals surface area (Å²) in [6.45, 7) is 12.4. The summed E-state index contributed by atoms with van der Waals surface area (Å²) in [5, 5.41) is 3.62. The molecule has 1 N–H and O–H groups in total. The molecule has 2 unspecified atom stereocenters. The summed E-state index contributed by atoms with van der Waals surface area (Å²) in [6, 6.07) is 9.34. The molecular weight excluding hydrogens is 230 g/mol. The highest BCUT2D eigenvalue weighted by Gasteiger charge is 2.38. The van der Waals surface area contributed by atoms with Crippen molar-refractivity contribution in [3.63, 3.8) is 0 Å². The summed E-state index contributed by atoms with van der Waals surface area (Å²) < 4.78 is 0. The van der Waals surface area contributed by atoms with Gasteiger partial charge in [0.15, 0.2) is 0 Å². The fourth-order valence-corrected chi connectivity index (χ4v) is 2.69. The summed E-state index contributed by atoms with van der Waals surface area (Å²) in [5.41, 5.74) is 3.26. The Morgan fingerprint density at radius 3 is 2.32 bits per heavy atom. The van der Waals surface area contributed by atoms with Gasteiger partial charge < -0.3 is 5.32 Å². The van der Waals surface area contributed by atoms with Crippen LogP contribution in [0, 0.1) is 11.8 Å². The average Bonchev–Trinajstić information content (AvgIpc) is 3.05. The zero-order chi connectivity index (χ0) is 14.0. The van der Waals surface area contributed by atoms with E-state index in [0.29, 0.717) is 0 Å². The molecule has 1 aliphatic carbocycles. The molecule has 0 bridgehead atoms. The second-order valence-electron chi connectivity index (χ2n) is 7.57. The highest BCUT2D eigenvalue weighted by Crippen LogP contribution is 2.47. The van der Waals surface area contributed by atoms with E-state index in [2.05, 4.69) is 64.2 Å². The smallest absolute Gasteiger partial charge is 0.00966 e. The first-order valence-corrected chi connectivity index (χ1v) is 7.69. The Kier molecular flexibility index (Phi) is 4.35. The van der Waals surface area contributed by atoms with Crippen molar-refractivity contribution in [2.24, 2.45) is 11.8 Å². The van der Waals surface area contributed by atoms with Gasteiger partial charge in [-0.3, -0.25) is 0 Å². The lowest BCUT2D eigenvalue weighted by molar-refractivity contribution is 0.414. The Labute approximate surface area is 118 Å². The van der Waals surface area contributed by atoms with E-state index in [4.69, 9.17) is 0 Å². The molecule has 1 aromatic carbocycles. The zero-order valence-corrected chi connectivity index (χ0v) is 13.2. The van der Waals surface area contributed by atoms with Gasteiger partial charge in [0, 0.05) is 5.54 Å². The molecule has 19 heavy (non-hydrogen) atoms. The third kappa shape index (κ3) is 4.65. The Hall–Kier alpha value is -0.820. The largest absolute Gasteiger partial charge is 0.312 e. The molecule has 2 atom stereocenters. The van der Waals surface area contributed by atoms with Crippen LogP contribution in [-0.4, -0.2) is 12.1 Å². The van der Waals surface area contributed by atoms with Crippen LogP contribution in [0.15, 0.2) is 24.3 Å². The molecule has 0 radical (unpaired) electrons. The number of hydrogen-bond donors (Lipinski definition) is 1. The topological polar surface area (TPSA) is 12.0 Å². The maximum Gasteiger partial charge on any atom is 0.00966 e. The molecule has 2 rings (SSSR count). The average molecular weight is 259 g/mol. The maximum absolute atomic E-state index is 3.62. The van der Waals surface area contributed by atoms with Crippen LogP contribution in [0.4, 0.5) is 0 Å². The molecule has 1 nitrogen and oxygen atoms in total. The molecule has 0 spiro atoms. The van der Waals surface area contributed by atoms with Gasteiger partial charge in [-0.2, -0.15) is 0 Å². The zero-order valence-electron chi connectivity index (χ0n) is 13.2. The van der Waals surface area contributed by atoms with E-state index in [-0.39, 0.29) is 5.54 Å². The molecular formula is C18H29N. The summed E-state index contributed by atoms with van der Waals surface area (Å²) in [5.74, 6) is 2.38. The van der Waals surface area contributed by atoms with Gasteiger partial charge in [-0.25, -0.2) is 0 Å². The highest BCUT2D eigenvalue weighted by molar-refractivity contribution is 5.29. The standard InChI is InChI=1S/C18H29N/c1-13(2)10-14-6-8-15(9-7-14)17-11-16(17)12-19-18(3,4)5/h6-9,13,16-17,19H,10-12H2,1-5H3. The summed E-state index contributed by atoms with van der Waals surface area (Å²) in [7, 11) is 0. The Morgan fingerprint density at radius 2 is 1.79 bits per heavy atom. The Bertz CT molecular complexity index is 397. The van der Waals surface area contributed by atoms with Crippen LogP contribution in [0.25, 0.3) is 0 Å². The van der Waals surface area contributed by atoms with Crippen molar-refractivity contribution in [3.8, 4) is 0 Å². The number of rotatable bonds is 5. The lowest BCUT2D eigenvalue weighted by Crippen LogP contribution is -2.37. The minimum absolute atomic E-state index is 0.244. The summed E-state index contributed by atoms with van der Waals surface area (Å²) in [4.78, 5) is 0. The predicted molar refractivity (Wildman–Crippen MR) is 83.6 cm³/mol. The molecule has 1 aliphatic rings. The van der Waals surface area contributed by atoms with Crippen molar-refractivity contribution in [2.75, 3.05) is 6.54 Å². The van der Waals surface area contributed by atoms with E-state index in [0.717, 1.165) is 24.3 Å². The SMILES string of the molecule is CC(C)Cc1ccc(C2CC2CNC(C)(C)C)cc1. The molecule has 0 amide bonds. The van der Waals surface area contributed by atoms with Crippen molar-refractivity contribution >= 4 is 0 Å². The monoisotopic (exact) mass is 259 g/mol. The molecule has 1 heteroatoms. The fourth-order valence-electron chi connectivity index (χ4n) is 2.69. The van der Waals surface area contributed by atoms with Crippen molar-refractivity contribution in [1.29, 1.82) is 0 Å². The summed E-state index contributed by atoms with van der Waals surface area (Å²) in [6.07, 6.45) is 2.55. The molecule has 1 aromatic rings. The first kappa shape index (κ1) is 14.6. The third-order valence-corrected chi connectivity index (χ3v) is 3.87. The third-order valence-electron chi connectivity index (χ3n) is 3.87. The van der Waals surface area contributed by atoms with Crippen LogP contribution in [0.3, 0.4) is 0 Å². The van der Waals surface area contributed by atoms with Crippen molar-refractivity contribution in [3.05, 3.63) is 35.4 Å². The Balaban J connectivity index is 1.84. The van der Waals surface area contributed by atoms with Crippen LogP contribution in [0.2, 0.25) is 0 Å². The lowest BCUT2D eigenvalue weighted by Gasteiger charge is -2.20. The molecule has 1 fully saturated rings.